The van der Waals surface area contributed by atoms with Crippen LogP contribution in [-0.2, 0) is 4.79 Å². The zero-order valence-electron chi connectivity index (χ0n) is 12.0. The smallest absolute Gasteiger partial charge is 0.296 e. The van der Waals surface area contributed by atoms with Gasteiger partial charge in [0.25, 0.3) is 11.7 Å². The number of benzene rings is 1. The van der Waals surface area contributed by atoms with E-state index in [1.54, 1.807) is 6.07 Å². The fraction of sp³-hybridized carbons (Fsp3) is 0.467. The summed E-state index contributed by atoms with van der Waals surface area (Å²) >= 11 is 5.54. The van der Waals surface area contributed by atoms with E-state index in [-0.39, 0.29) is 0 Å². The quantitative estimate of drug-likeness (QED) is 0.772. The Morgan fingerprint density at radius 2 is 2.05 bits per heavy atom. The van der Waals surface area contributed by atoms with Crippen LogP contribution in [0.15, 0.2) is 16.6 Å². The number of Topliss-reactive ketones (excluding diaryl/α,β-unsaturated/α-hetero) is 1. The summed E-state index contributed by atoms with van der Waals surface area (Å²) in [5.74, 6) is 0.0772. The van der Waals surface area contributed by atoms with E-state index < -0.39 is 11.7 Å². The molecule has 2 aliphatic rings. The van der Waals surface area contributed by atoms with Gasteiger partial charge in [0.2, 0.25) is 0 Å². The van der Waals surface area contributed by atoms with Gasteiger partial charge in [-0.3, -0.25) is 9.59 Å². The SMILES string of the molecule is CC1(C)CCN(c2cc3c(cc2Br)C(=O)C(=O)N3)CCS1. The number of rotatable bonds is 1. The maximum absolute atomic E-state index is 11.7. The van der Waals surface area contributed by atoms with Crippen molar-refractivity contribution in [3.63, 3.8) is 0 Å². The van der Waals surface area contributed by atoms with Crippen LogP contribution in [0.4, 0.5) is 11.4 Å². The number of carbonyl (C=O) groups excluding carboxylic acids is 2. The predicted molar refractivity (Wildman–Crippen MR) is 90.5 cm³/mol. The van der Waals surface area contributed by atoms with Crippen molar-refractivity contribution in [2.45, 2.75) is 25.0 Å². The molecule has 1 aromatic rings. The number of nitrogens with zero attached hydrogens (tertiary/aromatic N) is 1. The van der Waals surface area contributed by atoms with Crippen molar-refractivity contribution in [3.8, 4) is 0 Å². The summed E-state index contributed by atoms with van der Waals surface area (Å²) in [4.78, 5) is 25.5. The fourth-order valence-corrected chi connectivity index (χ4v) is 4.35. The van der Waals surface area contributed by atoms with E-state index in [4.69, 9.17) is 0 Å². The average Bonchev–Trinajstić information content (AvgIpc) is 2.59. The van der Waals surface area contributed by atoms with Crippen molar-refractivity contribution in [2.24, 2.45) is 0 Å². The van der Waals surface area contributed by atoms with Crippen LogP contribution in [0.2, 0.25) is 0 Å². The lowest BCUT2D eigenvalue weighted by Crippen LogP contribution is -2.27. The highest BCUT2D eigenvalue weighted by atomic mass is 79.9. The van der Waals surface area contributed by atoms with Crippen LogP contribution in [0.1, 0.15) is 30.6 Å². The average molecular weight is 369 g/mol. The molecule has 4 nitrogen and oxygen atoms in total. The Balaban J connectivity index is 1.92. The van der Waals surface area contributed by atoms with Crippen molar-refractivity contribution in [1.29, 1.82) is 0 Å². The van der Waals surface area contributed by atoms with Crippen molar-refractivity contribution in [2.75, 3.05) is 29.1 Å². The highest BCUT2D eigenvalue weighted by Crippen LogP contribution is 2.38. The third kappa shape index (κ3) is 2.83. The Morgan fingerprint density at radius 3 is 2.81 bits per heavy atom. The molecule has 0 saturated carbocycles. The minimum Gasteiger partial charge on any atom is -0.370 e. The Kier molecular flexibility index (Phi) is 3.78. The largest absolute Gasteiger partial charge is 0.370 e. The minimum absolute atomic E-state index is 0.294. The van der Waals surface area contributed by atoms with Crippen molar-refractivity contribution in [1.82, 2.24) is 0 Å². The summed E-state index contributed by atoms with van der Waals surface area (Å²) in [5, 5.41) is 2.64. The molecule has 6 heteroatoms. The molecule has 2 aliphatic heterocycles. The van der Waals surface area contributed by atoms with Crippen molar-refractivity contribution >= 4 is 50.8 Å². The Hall–Kier alpha value is -1.01. The highest BCUT2D eigenvalue weighted by molar-refractivity contribution is 9.10. The van der Waals surface area contributed by atoms with Gasteiger partial charge in [0.1, 0.15) is 0 Å². The molecule has 0 radical (unpaired) electrons. The Morgan fingerprint density at radius 1 is 1.29 bits per heavy atom. The maximum Gasteiger partial charge on any atom is 0.296 e. The van der Waals surface area contributed by atoms with Gasteiger partial charge >= 0.3 is 0 Å². The van der Waals surface area contributed by atoms with Gasteiger partial charge in [-0.1, -0.05) is 13.8 Å². The molecule has 3 rings (SSSR count). The number of fused-ring (bicyclic) bond motifs is 1. The second kappa shape index (κ2) is 5.32. The molecule has 1 N–H and O–H groups in total. The van der Waals surface area contributed by atoms with E-state index in [2.05, 4.69) is 40.0 Å². The monoisotopic (exact) mass is 368 g/mol. The van der Waals surface area contributed by atoms with Crippen LogP contribution in [-0.4, -0.2) is 35.3 Å². The van der Waals surface area contributed by atoms with E-state index in [1.807, 2.05) is 17.8 Å². The number of nitrogens with one attached hydrogen (secondary N) is 1. The number of halogens is 1. The molecular formula is C15H17BrN2O2S. The molecule has 1 amide bonds. The minimum atomic E-state index is -0.540. The second-order valence-electron chi connectivity index (χ2n) is 5.98. The van der Waals surface area contributed by atoms with Gasteiger partial charge in [-0.05, 0) is 34.5 Å². The molecule has 21 heavy (non-hydrogen) atoms. The third-order valence-corrected chi connectivity index (χ3v) is 5.97. The third-order valence-electron chi connectivity index (χ3n) is 3.96. The molecule has 112 valence electrons. The number of carbonyl (C=O) groups is 2. The number of hydrogen-bond acceptors (Lipinski definition) is 4. The van der Waals surface area contributed by atoms with Crippen LogP contribution >= 0.6 is 27.7 Å². The van der Waals surface area contributed by atoms with Gasteiger partial charge in [-0.2, -0.15) is 11.8 Å². The molecule has 1 saturated heterocycles. The number of hydrogen-bond donors (Lipinski definition) is 1. The first-order chi connectivity index (χ1) is 9.87. The van der Waals surface area contributed by atoms with Crippen LogP contribution in [0.5, 0.6) is 0 Å². The Labute approximate surface area is 136 Å². The van der Waals surface area contributed by atoms with Gasteiger partial charge in [-0.25, -0.2) is 0 Å². The lowest BCUT2D eigenvalue weighted by atomic mass is 10.1. The molecule has 0 atom stereocenters. The van der Waals surface area contributed by atoms with Crippen LogP contribution < -0.4 is 10.2 Å². The number of thioether (sulfide) groups is 1. The first-order valence-electron chi connectivity index (χ1n) is 6.95. The topological polar surface area (TPSA) is 49.4 Å². The molecule has 0 bridgehead atoms. The van der Waals surface area contributed by atoms with Gasteiger partial charge in [0, 0.05) is 28.1 Å². The summed E-state index contributed by atoms with van der Waals surface area (Å²) in [6.07, 6.45) is 1.10. The van der Waals surface area contributed by atoms with E-state index in [0.717, 1.165) is 35.4 Å². The number of amides is 1. The number of anilines is 2. The van der Waals surface area contributed by atoms with Crippen LogP contribution in [0, 0.1) is 0 Å². The summed E-state index contributed by atoms with van der Waals surface area (Å²) in [6, 6.07) is 3.67. The van der Waals surface area contributed by atoms with Gasteiger partial charge < -0.3 is 10.2 Å². The van der Waals surface area contributed by atoms with E-state index in [9.17, 15) is 9.59 Å². The maximum atomic E-state index is 11.7. The summed E-state index contributed by atoms with van der Waals surface area (Å²) < 4.78 is 1.16. The van der Waals surface area contributed by atoms with E-state index in [0.29, 0.717) is 16.0 Å². The summed E-state index contributed by atoms with van der Waals surface area (Å²) in [5.41, 5.74) is 2.13. The van der Waals surface area contributed by atoms with Gasteiger partial charge in [0.15, 0.2) is 0 Å². The first-order valence-corrected chi connectivity index (χ1v) is 8.73. The lowest BCUT2D eigenvalue weighted by molar-refractivity contribution is -0.112. The molecule has 1 aromatic carbocycles. The molecule has 1 fully saturated rings. The van der Waals surface area contributed by atoms with Crippen LogP contribution in [0.3, 0.4) is 0 Å². The molecule has 0 unspecified atom stereocenters. The zero-order valence-corrected chi connectivity index (χ0v) is 14.4. The normalized spacial score (nSPS) is 21.0. The first kappa shape index (κ1) is 14.9. The van der Waals surface area contributed by atoms with Gasteiger partial charge in [-0.15, -0.1) is 0 Å². The Bertz CT molecular complexity index is 630. The second-order valence-corrected chi connectivity index (χ2v) is 8.63. The molecule has 0 aromatic heterocycles. The molecular weight excluding hydrogens is 352 g/mol. The van der Waals surface area contributed by atoms with Crippen molar-refractivity contribution in [3.05, 3.63) is 22.2 Å². The summed E-state index contributed by atoms with van der Waals surface area (Å²) in [6.45, 7) is 6.49. The molecule has 0 aliphatic carbocycles. The fourth-order valence-electron chi connectivity index (χ4n) is 2.66. The van der Waals surface area contributed by atoms with E-state index >= 15 is 0 Å². The summed E-state index contributed by atoms with van der Waals surface area (Å²) in [7, 11) is 0. The lowest BCUT2D eigenvalue weighted by Gasteiger charge is -2.25. The van der Waals surface area contributed by atoms with Gasteiger partial charge in [0.05, 0.1) is 16.9 Å². The van der Waals surface area contributed by atoms with E-state index in [1.165, 1.54) is 0 Å². The van der Waals surface area contributed by atoms with Crippen LogP contribution in [0.25, 0.3) is 0 Å². The highest BCUT2D eigenvalue weighted by Gasteiger charge is 2.31. The predicted octanol–water partition coefficient (Wildman–Crippen LogP) is 3.31. The zero-order chi connectivity index (χ0) is 15.2. The van der Waals surface area contributed by atoms with Crippen molar-refractivity contribution < 1.29 is 9.59 Å². The molecule has 2 heterocycles. The standard InChI is InChI=1S/C15H17BrN2O2S/c1-15(2)3-4-18(5-6-21-15)12-8-11-9(7-10(12)16)13(19)14(20)17-11/h7-8H,3-6H2,1-2H3,(H,17,19,20). The number of ketones is 1. The molecule has 0 spiro atoms.